The highest BCUT2D eigenvalue weighted by molar-refractivity contribution is 8.25. The summed E-state index contributed by atoms with van der Waals surface area (Å²) in [6.07, 6.45) is 1.19. The second-order valence-electron chi connectivity index (χ2n) is 6.54. The molecule has 0 spiro atoms. The summed E-state index contributed by atoms with van der Waals surface area (Å²) < 4.78 is 39.7. The van der Waals surface area contributed by atoms with Crippen molar-refractivity contribution >= 4 is 28.1 Å². The van der Waals surface area contributed by atoms with E-state index >= 15 is 0 Å². The molecule has 3 aromatic rings. The quantitative estimate of drug-likeness (QED) is 0.564. The summed E-state index contributed by atoms with van der Waals surface area (Å²) in [5.41, 5.74) is 1.15. The minimum atomic E-state index is -3.43. The fraction of sp³-hybridized carbons (Fsp3) is 0.200. The van der Waals surface area contributed by atoms with E-state index in [1.165, 1.54) is 16.8 Å². The van der Waals surface area contributed by atoms with E-state index in [1.54, 1.807) is 50.4 Å². The molecule has 9 nitrogen and oxygen atoms in total. The van der Waals surface area contributed by atoms with Crippen LogP contribution in [0.2, 0.25) is 0 Å². The minimum absolute atomic E-state index is 0.160. The highest BCUT2D eigenvalue weighted by Gasteiger charge is 2.32. The number of aromatic nitrogens is 1. The average molecular weight is 431 g/mol. The molecule has 0 radical (unpaired) electrons. The van der Waals surface area contributed by atoms with E-state index in [0.717, 1.165) is 0 Å². The molecule has 2 aromatic carbocycles. The Bertz CT molecular complexity index is 1070. The number of nitrogens with zero attached hydrogens (tertiary/aromatic N) is 2. The number of fused-ring (bicyclic) bond motifs is 1. The minimum Gasteiger partial charge on any atom is -0.497 e. The van der Waals surface area contributed by atoms with Gasteiger partial charge >= 0.3 is 0 Å². The van der Waals surface area contributed by atoms with Crippen molar-refractivity contribution in [2.75, 3.05) is 29.9 Å². The van der Waals surface area contributed by atoms with Crippen LogP contribution in [0.5, 0.6) is 11.5 Å². The molecule has 30 heavy (non-hydrogen) atoms. The van der Waals surface area contributed by atoms with E-state index in [0.29, 0.717) is 28.6 Å². The number of oxazole rings is 1. The molecule has 0 saturated heterocycles. The van der Waals surface area contributed by atoms with E-state index in [9.17, 15) is 13.9 Å². The first kappa shape index (κ1) is 20.1. The Kier molecular flexibility index (Phi) is 5.29. The monoisotopic (exact) mass is 431 g/mol. The van der Waals surface area contributed by atoms with Gasteiger partial charge in [-0.1, -0.05) is 10.8 Å². The lowest BCUT2D eigenvalue weighted by atomic mass is 10.2. The topological polar surface area (TPSA) is 117 Å². The molecule has 0 fully saturated rings. The number of ether oxygens (including phenoxy) is 2. The second-order valence-corrected chi connectivity index (χ2v) is 8.46. The summed E-state index contributed by atoms with van der Waals surface area (Å²) >= 11 is 0. The molecular weight excluding hydrogens is 410 g/mol. The van der Waals surface area contributed by atoms with Gasteiger partial charge in [0.1, 0.15) is 28.8 Å². The summed E-state index contributed by atoms with van der Waals surface area (Å²) in [6.45, 7) is 2.16. The fourth-order valence-electron chi connectivity index (χ4n) is 3.14. The van der Waals surface area contributed by atoms with Crippen molar-refractivity contribution in [2.45, 2.75) is 11.8 Å². The maximum atomic E-state index is 12.4. The lowest BCUT2D eigenvalue weighted by Gasteiger charge is -2.42. The Labute approximate surface area is 174 Å². The van der Waals surface area contributed by atoms with Crippen LogP contribution in [-0.4, -0.2) is 40.3 Å². The van der Waals surface area contributed by atoms with Crippen LogP contribution in [0, 0.1) is 6.92 Å². The number of hydrogen-bond donors (Lipinski definition) is 3. The maximum Gasteiger partial charge on any atom is 0.277 e. The lowest BCUT2D eigenvalue weighted by Crippen LogP contribution is -2.29. The molecule has 1 aromatic heterocycles. The van der Waals surface area contributed by atoms with Gasteiger partial charge in [0.05, 0.1) is 19.3 Å². The van der Waals surface area contributed by atoms with Crippen LogP contribution in [0.25, 0.3) is 0 Å². The van der Waals surface area contributed by atoms with E-state index in [-0.39, 0.29) is 23.7 Å². The van der Waals surface area contributed by atoms with Crippen molar-refractivity contribution in [2.24, 2.45) is 0 Å². The first-order valence-corrected chi connectivity index (χ1v) is 10.6. The Morgan fingerprint density at radius 2 is 2.00 bits per heavy atom. The van der Waals surface area contributed by atoms with Gasteiger partial charge in [0, 0.05) is 5.69 Å². The van der Waals surface area contributed by atoms with Crippen molar-refractivity contribution in [3.05, 3.63) is 60.3 Å². The van der Waals surface area contributed by atoms with Crippen LogP contribution >= 0.6 is 10.8 Å². The largest absolute Gasteiger partial charge is 0.497 e. The Balaban J connectivity index is 1.66. The maximum absolute atomic E-state index is 12.4. The second kappa shape index (κ2) is 7.90. The summed E-state index contributed by atoms with van der Waals surface area (Å²) in [7, 11) is -1.87. The van der Waals surface area contributed by atoms with Crippen molar-refractivity contribution in [1.82, 2.24) is 4.98 Å². The van der Waals surface area contributed by atoms with Gasteiger partial charge in [-0.15, -0.1) is 0 Å². The summed E-state index contributed by atoms with van der Waals surface area (Å²) in [4.78, 5) is 16.5. The number of hydrogen-bond acceptors (Lipinski definition) is 8. The Morgan fingerprint density at radius 1 is 1.23 bits per heavy atom. The van der Waals surface area contributed by atoms with Gasteiger partial charge in [-0.3, -0.25) is 18.2 Å². The molecule has 0 saturated carbocycles. The summed E-state index contributed by atoms with van der Waals surface area (Å²) in [5, 5.41) is 2.70. The van der Waals surface area contributed by atoms with Gasteiger partial charge in [0.2, 0.25) is 0 Å². The first-order valence-electron chi connectivity index (χ1n) is 9.08. The van der Waals surface area contributed by atoms with Gasteiger partial charge in [-0.25, -0.2) is 4.98 Å². The SMILES string of the molecule is COc1ccc(N2CCOc3ccc(NC(=O)c4ncoc4C)cc3S2(O)O)cc1. The predicted octanol–water partition coefficient (Wildman–Crippen LogP) is 4.17. The average Bonchev–Trinajstić information content (AvgIpc) is 3.12. The standard InChI is InChI=1S/C20H21N3O6S/c1-13-19(21-12-29-13)20(24)22-14-3-8-17-18(11-14)30(25,26)23(9-10-28-17)15-4-6-16(27-2)7-5-15/h3-8,11-12,25-26H,9-10H2,1-2H3,(H,22,24). The van der Waals surface area contributed by atoms with Crippen LogP contribution in [0.3, 0.4) is 0 Å². The van der Waals surface area contributed by atoms with Crippen molar-refractivity contribution in [3.8, 4) is 11.5 Å². The molecule has 0 unspecified atom stereocenters. The third kappa shape index (κ3) is 3.67. The molecule has 10 heteroatoms. The van der Waals surface area contributed by atoms with Crippen LogP contribution in [0.4, 0.5) is 11.4 Å². The highest BCUT2D eigenvalue weighted by Crippen LogP contribution is 2.58. The van der Waals surface area contributed by atoms with Crippen molar-refractivity contribution in [3.63, 3.8) is 0 Å². The van der Waals surface area contributed by atoms with Gasteiger partial charge in [-0.05, 0) is 49.4 Å². The van der Waals surface area contributed by atoms with E-state index in [1.807, 2.05) is 0 Å². The summed E-state index contributed by atoms with van der Waals surface area (Å²) in [5.74, 6) is 0.941. The van der Waals surface area contributed by atoms with Crippen LogP contribution in [-0.2, 0) is 0 Å². The number of aryl methyl sites for hydroxylation is 1. The van der Waals surface area contributed by atoms with Crippen LogP contribution < -0.4 is 19.1 Å². The molecular formula is C20H21N3O6S. The lowest BCUT2D eigenvalue weighted by molar-refractivity contribution is 0.102. The molecule has 0 atom stereocenters. The van der Waals surface area contributed by atoms with E-state index in [2.05, 4.69) is 10.3 Å². The number of carbonyl (C=O) groups excluding carboxylic acids is 1. The number of rotatable bonds is 4. The predicted molar refractivity (Wildman–Crippen MR) is 113 cm³/mol. The zero-order valence-corrected chi connectivity index (χ0v) is 17.2. The number of benzene rings is 2. The number of amides is 1. The smallest absolute Gasteiger partial charge is 0.277 e. The van der Waals surface area contributed by atoms with Crippen LogP contribution in [0.15, 0.2) is 58.2 Å². The number of anilines is 2. The Hall–Kier alpha value is -3.21. The molecule has 4 rings (SSSR count). The molecule has 1 amide bonds. The molecule has 2 heterocycles. The third-order valence-corrected chi connectivity index (χ3v) is 6.59. The fourth-order valence-corrected chi connectivity index (χ4v) is 4.81. The molecule has 158 valence electrons. The van der Waals surface area contributed by atoms with Gasteiger partial charge < -0.3 is 19.2 Å². The zero-order chi connectivity index (χ0) is 21.3. The van der Waals surface area contributed by atoms with Gasteiger partial charge in [-0.2, -0.15) is 0 Å². The zero-order valence-electron chi connectivity index (χ0n) is 16.4. The third-order valence-electron chi connectivity index (χ3n) is 4.68. The number of carbonyl (C=O) groups is 1. The molecule has 1 aliphatic rings. The van der Waals surface area contributed by atoms with E-state index in [4.69, 9.17) is 13.9 Å². The number of methoxy groups -OCH3 is 1. The van der Waals surface area contributed by atoms with Crippen molar-refractivity contribution < 1.29 is 27.8 Å². The van der Waals surface area contributed by atoms with Crippen LogP contribution in [0.1, 0.15) is 16.2 Å². The first-order chi connectivity index (χ1) is 14.4. The Morgan fingerprint density at radius 3 is 2.67 bits per heavy atom. The molecule has 0 bridgehead atoms. The normalized spacial score (nSPS) is 16.1. The molecule has 3 N–H and O–H groups in total. The van der Waals surface area contributed by atoms with Gasteiger partial charge in [0.25, 0.3) is 5.91 Å². The summed E-state index contributed by atoms with van der Waals surface area (Å²) in [6, 6.07) is 11.7. The van der Waals surface area contributed by atoms with Gasteiger partial charge in [0.15, 0.2) is 12.1 Å². The highest BCUT2D eigenvalue weighted by atomic mass is 32.3. The molecule has 1 aliphatic heterocycles. The molecule has 0 aliphatic carbocycles. The van der Waals surface area contributed by atoms with Crippen molar-refractivity contribution in [1.29, 1.82) is 0 Å². The van der Waals surface area contributed by atoms with E-state index < -0.39 is 16.7 Å². The number of nitrogens with one attached hydrogen (secondary N) is 1.